The van der Waals surface area contributed by atoms with Crippen molar-refractivity contribution in [2.24, 2.45) is 0 Å². The molecule has 20 heavy (non-hydrogen) atoms. The molecule has 1 rings (SSSR count). The summed E-state index contributed by atoms with van der Waals surface area (Å²) in [5, 5.41) is 2.39. The van der Waals surface area contributed by atoms with Gasteiger partial charge in [-0.25, -0.2) is 13.2 Å². The Morgan fingerprint density at radius 3 is 2.35 bits per heavy atom. The highest BCUT2D eigenvalue weighted by atomic mass is 32.2. The van der Waals surface area contributed by atoms with Crippen LogP contribution in [-0.2, 0) is 19.4 Å². The summed E-state index contributed by atoms with van der Waals surface area (Å²) >= 11 is 0. The van der Waals surface area contributed by atoms with Gasteiger partial charge in [-0.15, -0.1) is 0 Å². The molecule has 0 aliphatic carbocycles. The van der Waals surface area contributed by atoms with Gasteiger partial charge in [-0.1, -0.05) is 12.1 Å². The highest BCUT2D eigenvalue weighted by Gasteiger charge is 2.48. The van der Waals surface area contributed by atoms with Crippen molar-refractivity contribution in [3.63, 3.8) is 0 Å². The van der Waals surface area contributed by atoms with E-state index in [9.17, 15) is 26.4 Å². The van der Waals surface area contributed by atoms with Gasteiger partial charge < -0.3 is 10.1 Å². The second-order valence-electron chi connectivity index (χ2n) is 3.83. The van der Waals surface area contributed by atoms with Crippen molar-refractivity contribution in [2.45, 2.75) is 23.4 Å². The third kappa shape index (κ3) is 3.21. The Morgan fingerprint density at radius 2 is 1.85 bits per heavy atom. The van der Waals surface area contributed by atoms with E-state index in [-0.39, 0.29) is 5.69 Å². The summed E-state index contributed by atoms with van der Waals surface area (Å²) in [6.07, 6.45) is 0. The van der Waals surface area contributed by atoms with Crippen LogP contribution in [-0.4, -0.2) is 33.0 Å². The fourth-order valence-electron chi connectivity index (χ4n) is 1.41. The largest absolute Gasteiger partial charge is 0.501 e. The number of nitrogens with one attached hydrogen (secondary N) is 1. The van der Waals surface area contributed by atoms with E-state index in [1.165, 1.54) is 13.0 Å². The Balaban J connectivity index is 3.23. The highest BCUT2D eigenvalue weighted by Crippen LogP contribution is 2.34. The third-order valence-electron chi connectivity index (χ3n) is 2.41. The van der Waals surface area contributed by atoms with E-state index in [1.54, 1.807) is 0 Å². The predicted molar refractivity (Wildman–Crippen MR) is 64.8 cm³/mol. The van der Waals surface area contributed by atoms with Gasteiger partial charge in [-0.2, -0.15) is 13.2 Å². The molecule has 1 aromatic carbocycles. The number of sulfone groups is 1. The van der Waals surface area contributed by atoms with Gasteiger partial charge in [0.25, 0.3) is 9.84 Å². The van der Waals surface area contributed by atoms with E-state index in [4.69, 9.17) is 0 Å². The number of anilines is 1. The Bertz CT molecular complexity index is 598. The molecule has 1 unspecified atom stereocenters. The standard InChI is InChI=1S/C11H12F3NO4S/c1-7(10(16)19-2)15-8-5-3-4-6-9(8)20(17,18)11(12,13)14/h3-7,15H,1-2H3. The monoisotopic (exact) mass is 311 g/mol. The van der Waals surface area contributed by atoms with Gasteiger partial charge in [-0.3, -0.25) is 0 Å². The number of para-hydroxylation sites is 1. The average molecular weight is 311 g/mol. The smallest absolute Gasteiger partial charge is 0.467 e. The van der Waals surface area contributed by atoms with Crippen LogP contribution in [0.25, 0.3) is 0 Å². The van der Waals surface area contributed by atoms with Gasteiger partial charge in [-0.05, 0) is 19.1 Å². The number of esters is 1. The van der Waals surface area contributed by atoms with E-state index in [1.807, 2.05) is 0 Å². The molecular weight excluding hydrogens is 299 g/mol. The zero-order valence-corrected chi connectivity index (χ0v) is 11.4. The minimum atomic E-state index is -5.50. The molecule has 112 valence electrons. The fraction of sp³-hybridized carbons (Fsp3) is 0.364. The summed E-state index contributed by atoms with van der Waals surface area (Å²) in [5.41, 5.74) is -5.73. The molecule has 0 spiro atoms. The van der Waals surface area contributed by atoms with Crippen molar-refractivity contribution in [3.8, 4) is 0 Å². The molecule has 0 aliphatic rings. The van der Waals surface area contributed by atoms with Crippen molar-refractivity contribution in [2.75, 3.05) is 12.4 Å². The van der Waals surface area contributed by atoms with E-state index in [2.05, 4.69) is 10.1 Å². The number of rotatable bonds is 4. The number of methoxy groups -OCH3 is 1. The van der Waals surface area contributed by atoms with Crippen LogP contribution >= 0.6 is 0 Å². The maximum Gasteiger partial charge on any atom is 0.501 e. The molecule has 1 atom stereocenters. The number of carbonyl (C=O) groups is 1. The Labute approximate surface area is 113 Å². The molecule has 0 saturated carbocycles. The lowest BCUT2D eigenvalue weighted by Gasteiger charge is -2.17. The Kier molecular flexibility index (Phi) is 4.64. The van der Waals surface area contributed by atoms with Crippen molar-refractivity contribution in [1.29, 1.82) is 0 Å². The molecular formula is C11H12F3NO4S. The Morgan fingerprint density at radius 1 is 1.30 bits per heavy atom. The lowest BCUT2D eigenvalue weighted by molar-refractivity contribution is -0.141. The molecule has 1 aromatic rings. The molecule has 0 saturated heterocycles. The van der Waals surface area contributed by atoms with Crippen LogP contribution < -0.4 is 5.32 Å². The van der Waals surface area contributed by atoms with Crippen LogP contribution in [0.1, 0.15) is 6.92 Å². The molecule has 5 nitrogen and oxygen atoms in total. The number of ether oxygens (including phenoxy) is 1. The third-order valence-corrected chi connectivity index (χ3v) is 3.95. The van der Waals surface area contributed by atoms with E-state index in [0.29, 0.717) is 0 Å². The topological polar surface area (TPSA) is 72.5 Å². The lowest BCUT2D eigenvalue weighted by Crippen LogP contribution is -2.29. The van der Waals surface area contributed by atoms with Gasteiger partial charge in [0.15, 0.2) is 0 Å². The average Bonchev–Trinajstić information content (AvgIpc) is 2.36. The first-order chi connectivity index (χ1) is 9.11. The second-order valence-corrected chi connectivity index (χ2v) is 5.74. The molecule has 1 N–H and O–H groups in total. The van der Waals surface area contributed by atoms with Crippen molar-refractivity contribution >= 4 is 21.5 Å². The van der Waals surface area contributed by atoms with Crippen LogP contribution in [0.5, 0.6) is 0 Å². The SMILES string of the molecule is COC(=O)C(C)Nc1ccccc1S(=O)(=O)C(F)(F)F. The van der Waals surface area contributed by atoms with Gasteiger partial charge in [0.2, 0.25) is 0 Å². The number of hydrogen-bond donors (Lipinski definition) is 1. The molecule has 0 radical (unpaired) electrons. The lowest BCUT2D eigenvalue weighted by atomic mass is 10.2. The number of carbonyl (C=O) groups excluding carboxylic acids is 1. The van der Waals surface area contributed by atoms with Gasteiger partial charge >= 0.3 is 11.5 Å². The van der Waals surface area contributed by atoms with Crippen molar-refractivity contribution in [1.82, 2.24) is 0 Å². The number of alkyl halides is 3. The van der Waals surface area contributed by atoms with Gasteiger partial charge in [0.1, 0.15) is 6.04 Å². The van der Waals surface area contributed by atoms with E-state index >= 15 is 0 Å². The molecule has 0 aromatic heterocycles. The van der Waals surface area contributed by atoms with Crippen molar-refractivity contribution < 1.29 is 31.1 Å². The zero-order valence-electron chi connectivity index (χ0n) is 10.6. The van der Waals surface area contributed by atoms with E-state index < -0.39 is 32.3 Å². The molecule has 0 bridgehead atoms. The van der Waals surface area contributed by atoms with Crippen LogP contribution in [0, 0.1) is 0 Å². The van der Waals surface area contributed by atoms with Gasteiger partial charge in [0, 0.05) is 0 Å². The summed E-state index contributed by atoms with van der Waals surface area (Å²) in [5.74, 6) is -0.732. The van der Waals surface area contributed by atoms with Crippen LogP contribution in [0.15, 0.2) is 29.2 Å². The molecule has 9 heteroatoms. The summed E-state index contributed by atoms with van der Waals surface area (Å²) in [6, 6.07) is 3.46. The predicted octanol–water partition coefficient (Wildman–Crippen LogP) is 1.95. The first kappa shape index (κ1) is 16.3. The Hall–Kier alpha value is -1.77. The normalized spacial score (nSPS) is 13.7. The summed E-state index contributed by atoms with van der Waals surface area (Å²) in [7, 11) is -4.39. The number of hydrogen-bond acceptors (Lipinski definition) is 5. The number of halogens is 3. The van der Waals surface area contributed by atoms with Crippen molar-refractivity contribution in [3.05, 3.63) is 24.3 Å². The second kappa shape index (κ2) is 5.70. The first-order valence-electron chi connectivity index (χ1n) is 5.36. The van der Waals surface area contributed by atoms with Crippen LogP contribution in [0.4, 0.5) is 18.9 Å². The maximum absolute atomic E-state index is 12.6. The van der Waals surface area contributed by atoms with Gasteiger partial charge in [0.05, 0.1) is 17.7 Å². The minimum absolute atomic E-state index is 0.317. The quantitative estimate of drug-likeness (QED) is 0.861. The molecule has 0 fully saturated rings. The van der Waals surface area contributed by atoms with Crippen LogP contribution in [0.3, 0.4) is 0 Å². The maximum atomic E-state index is 12.6. The molecule has 0 heterocycles. The van der Waals surface area contributed by atoms with Crippen LogP contribution in [0.2, 0.25) is 0 Å². The summed E-state index contributed by atoms with van der Waals surface area (Å²) in [4.78, 5) is 10.3. The fourth-order valence-corrected chi connectivity index (χ4v) is 2.34. The summed E-state index contributed by atoms with van der Waals surface area (Å²) in [6.45, 7) is 1.34. The number of benzene rings is 1. The molecule has 0 aliphatic heterocycles. The first-order valence-corrected chi connectivity index (χ1v) is 6.84. The highest BCUT2D eigenvalue weighted by molar-refractivity contribution is 7.92. The summed E-state index contributed by atoms with van der Waals surface area (Å²) < 4.78 is 64.9. The minimum Gasteiger partial charge on any atom is -0.467 e. The van der Waals surface area contributed by atoms with E-state index in [0.717, 1.165) is 25.3 Å². The molecule has 0 amide bonds. The zero-order chi connectivity index (χ0) is 15.6.